The van der Waals surface area contributed by atoms with Crippen LogP contribution in [-0.4, -0.2) is 25.0 Å². The highest BCUT2D eigenvalue weighted by Crippen LogP contribution is 2.39. The molecule has 0 N–H and O–H groups in total. The first-order chi connectivity index (χ1) is 8.65. The minimum atomic E-state index is 0.762. The van der Waals surface area contributed by atoms with Crippen LogP contribution >= 0.6 is 11.3 Å². The van der Waals surface area contributed by atoms with Gasteiger partial charge in [-0.05, 0) is 61.9 Å². The monoisotopic (exact) mass is 259 g/mol. The highest BCUT2D eigenvalue weighted by Gasteiger charge is 2.26. The molecule has 0 radical (unpaired) electrons. The summed E-state index contributed by atoms with van der Waals surface area (Å²) in [5.41, 5.74) is 1.41. The molecule has 3 rings (SSSR count). The molecule has 0 spiro atoms. The Kier molecular flexibility index (Phi) is 3.16. The van der Waals surface area contributed by atoms with E-state index in [1.165, 1.54) is 35.2 Å². The van der Waals surface area contributed by atoms with Gasteiger partial charge in [0.05, 0.1) is 0 Å². The second-order valence-electron chi connectivity index (χ2n) is 5.77. The van der Waals surface area contributed by atoms with E-state index in [2.05, 4.69) is 50.1 Å². The number of thiophene rings is 1. The fourth-order valence-electron chi connectivity index (χ4n) is 3.19. The van der Waals surface area contributed by atoms with Crippen molar-refractivity contribution >= 4 is 21.4 Å². The summed E-state index contributed by atoms with van der Waals surface area (Å²) in [6.45, 7) is 7.09. The predicted octanol–water partition coefficient (Wildman–Crippen LogP) is 4.26. The van der Waals surface area contributed by atoms with Gasteiger partial charge in [-0.1, -0.05) is 19.1 Å². The number of hydrogen-bond donors (Lipinski definition) is 0. The summed E-state index contributed by atoms with van der Waals surface area (Å²) in [7, 11) is 2.24. The number of likely N-dealkylation sites (tertiary alicyclic amines) is 1. The summed E-state index contributed by atoms with van der Waals surface area (Å²) in [6.07, 6.45) is 1.31. The fourth-order valence-corrected chi connectivity index (χ4v) is 4.59. The number of piperidine rings is 1. The summed E-state index contributed by atoms with van der Waals surface area (Å²) in [4.78, 5) is 4.06. The van der Waals surface area contributed by atoms with Gasteiger partial charge in [-0.3, -0.25) is 0 Å². The number of benzene rings is 1. The van der Waals surface area contributed by atoms with Crippen LogP contribution in [0.25, 0.3) is 10.1 Å². The van der Waals surface area contributed by atoms with Crippen LogP contribution in [0, 0.1) is 12.8 Å². The first kappa shape index (κ1) is 12.2. The van der Waals surface area contributed by atoms with Gasteiger partial charge in [0.15, 0.2) is 0 Å². The highest BCUT2D eigenvalue weighted by molar-refractivity contribution is 7.19. The molecule has 0 amide bonds. The zero-order chi connectivity index (χ0) is 12.7. The van der Waals surface area contributed by atoms with Crippen molar-refractivity contribution < 1.29 is 0 Å². The lowest BCUT2D eigenvalue weighted by molar-refractivity contribution is 0.197. The third-order valence-electron chi connectivity index (χ3n) is 4.27. The van der Waals surface area contributed by atoms with Crippen molar-refractivity contribution in [2.24, 2.45) is 5.92 Å². The van der Waals surface area contributed by atoms with Crippen molar-refractivity contribution in [1.82, 2.24) is 4.90 Å². The van der Waals surface area contributed by atoms with E-state index < -0.39 is 0 Å². The van der Waals surface area contributed by atoms with Crippen molar-refractivity contribution in [2.45, 2.75) is 26.2 Å². The largest absolute Gasteiger partial charge is 0.306 e. The second-order valence-corrected chi connectivity index (χ2v) is 6.89. The maximum Gasteiger partial charge on any atom is 0.0348 e. The maximum atomic E-state index is 2.46. The fraction of sp³-hybridized carbons (Fsp3) is 0.500. The third kappa shape index (κ3) is 2.08. The molecule has 0 saturated carbocycles. The lowest BCUT2D eigenvalue weighted by atomic mass is 9.86. The quantitative estimate of drug-likeness (QED) is 0.739. The molecule has 2 aromatic rings. The Morgan fingerprint density at radius 1 is 1.33 bits per heavy atom. The predicted molar refractivity (Wildman–Crippen MR) is 80.6 cm³/mol. The third-order valence-corrected chi connectivity index (χ3v) is 5.50. The number of fused-ring (bicyclic) bond motifs is 1. The lowest BCUT2D eigenvalue weighted by Gasteiger charge is -2.34. The van der Waals surface area contributed by atoms with Crippen LogP contribution in [0.3, 0.4) is 0 Å². The van der Waals surface area contributed by atoms with Crippen LogP contribution in [0.4, 0.5) is 0 Å². The SMILES string of the molecule is Cc1cccc2sc(C3CCN(C)CC3C)cc12. The Hall–Kier alpha value is -0.860. The van der Waals surface area contributed by atoms with Gasteiger partial charge in [0.1, 0.15) is 0 Å². The van der Waals surface area contributed by atoms with Crippen LogP contribution < -0.4 is 0 Å². The van der Waals surface area contributed by atoms with Gasteiger partial charge in [-0.2, -0.15) is 0 Å². The highest BCUT2D eigenvalue weighted by atomic mass is 32.1. The molecule has 96 valence electrons. The average Bonchev–Trinajstić information content (AvgIpc) is 2.74. The zero-order valence-corrected chi connectivity index (χ0v) is 12.3. The molecule has 1 aliphatic heterocycles. The normalized spacial score (nSPS) is 25.7. The Morgan fingerprint density at radius 3 is 2.89 bits per heavy atom. The molecule has 1 aromatic carbocycles. The van der Waals surface area contributed by atoms with Crippen LogP contribution in [0.2, 0.25) is 0 Å². The van der Waals surface area contributed by atoms with Crippen molar-refractivity contribution in [1.29, 1.82) is 0 Å². The Labute approximate surface area is 113 Å². The molecule has 1 aromatic heterocycles. The molecule has 1 saturated heterocycles. The summed E-state index contributed by atoms with van der Waals surface area (Å²) in [5.74, 6) is 1.54. The average molecular weight is 259 g/mol. The molecular formula is C16H21NS. The van der Waals surface area contributed by atoms with Gasteiger partial charge in [0, 0.05) is 16.1 Å². The van der Waals surface area contributed by atoms with Gasteiger partial charge in [0.25, 0.3) is 0 Å². The van der Waals surface area contributed by atoms with Crippen molar-refractivity contribution in [2.75, 3.05) is 20.1 Å². The molecule has 1 nitrogen and oxygen atoms in total. The van der Waals surface area contributed by atoms with Gasteiger partial charge < -0.3 is 4.90 Å². The molecule has 2 heterocycles. The standard InChI is InChI=1S/C16H21NS/c1-11-5-4-6-15-14(11)9-16(18-15)13-7-8-17(3)10-12(13)2/h4-6,9,12-13H,7-8,10H2,1-3H3. The van der Waals surface area contributed by atoms with Gasteiger partial charge in [-0.15, -0.1) is 11.3 Å². The number of hydrogen-bond acceptors (Lipinski definition) is 2. The van der Waals surface area contributed by atoms with E-state index in [9.17, 15) is 0 Å². The van der Waals surface area contributed by atoms with E-state index in [0.29, 0.717) is 0 Å². The van der Waals surface area contributed by atoms with Crippen molar-refractivity contribution in [3.63, 3.8) is 0 Å². The summed E-state index contributed by atoms with van der Waals surface area (Å²) in [6, 6.07) is 9.10. The van der Waals surface area contributed by atoms with E-state index in [0.717, 1.165) is 11.8 Å². The zero-order valence-electron chi connectivity index (χ0n) is 11.4. The Morgan fingerprint density at radius 2 is 2.17 bits per heavy atom. The van der Waals surface area contributed by atoms with E-state index in [4.69, 9.17) is 0 Å². The van der Waals surface area contributed by atoms with Crippen LogP contribution in [-0.2, 0) is 0 Å². The van der Waals surface area contributed by atoms with E-state index in [-0.39, 0.29) is 0 Å². The number of nitrogens with zero attached hydrogens (tertiary/aromatic N) is 1. The number of rotatable bonds is 1. The van der Waals surface area contributed by atoms with E-state index in [1.54, 1.807) is 4.88 Å². The maximum absolute atomic E-state index is 2.46. The van der Waals surface area contributed by atoms with E-state index in [1.807, 2.05) is 11.3 Å². The first-order valence-corrected chi connectivity index (χ1v) is 7.64. The molecule has 0 bridgehead atoms. The molecule has 2 atom stereocenters. The summed E-state index contributed by atoms with van der Waals surface area (Å²) < 4.78 is 1.45. The molecule has 18 heavy (non-hydrogen) atoms. The smallest absolute Gasteiger partial charge is 0.0348 e. The van der Waals surface area contributed by atoms with E-state index >= 15 is 0 Å². The van der Waals surface area contributed by atoms with Crippen LogP contribution in [0.1, 0.15) is 29.7 Å². The summed E-state index contributed by atoms with van der Waals surface area (Å²) >= 11 is 2.00. The Bertz CT molecular complexity index is 557. The molecule has 0 aliphatic carbocycles. The Balaban J connectivity index is 1.97. The second kappa shape index (κ2) is 4.67. The lowest BCUT2D eigenvalue weighted by Crippen LogP contribution is -2.35. The van der Waals surface area contributed by atoms with Crippen molar-refractivity contribution in [3.8, 4) is 0 Å². The minimum absolute atomic E-state index is 0.762. The summed E-state index contributed by atoms with van der Waals surface area (Å²) in [5, 5.41) is 1.46. The van der Waals surface area contributed by atoms with Crippen molar-refractivity contribution in [3.05, 3.63) is 34.7 Å². The van der Waals surface area contributed by atoms with Crippen LogP contribution in [0.15, 0.2) is 24.3 Å². The topological polar surface area (TPSA) is 3.24 Å². The first-order valence-electron chi connectivity index (χ1n) is 6.83. The van der Waals surface area contributed by atoms with Crippen LogP contribution in [0.5, 0.6) is 0 Å². The molecule has 1 fully saturated rings. The molecular weight excluding hydrogens is 238 g/mol. The number of aryl methyl sites for hydroxylation is 1. The molecule has 2 unspecified atom stereocenters. The molecule has 1 aliphatic rings. The molecule has 2 heteroatoms. The van der Waals surface area contributed by atoms with Gasteiger partial charge in [0.2, 0.25) is 0 Å². The van der Waals surface area contributed by atoms with Gasteiger partial charge >= 0.3 is 0 Å². The minimum Gasteiger partial charge on any atom is -0.306 e. The van der Waals surface area contributed by atoms with Gasteiger partial charge in [-0.25, -0.2) is 0 Å².